The number of nitrogens with zero attached hydrogens (tertiary/aromatic N) is 3. The van der Waals surface area contributed by atoms with Crippen LogP contribution in [0.3, 0.4) is 0 Å². The van der Waals surface area contributed by atoms with Crippen LogP contribution in [0, 0.1) is 11.3 Å². The first-order valence-corrected chi connectivity index (χ1v) is 6.60. The number of carbonyl (C=O) groups is 2. The van der Waals surface area contributed by atoms with E-state index in [1.165, 1.54) is 0 Å². The summed E-state index contributed by atoms with van der Waals surface area (Å²) in [5.74, 6) is -0.0860. The van der Waals surface area contributed by atoms with E-state index in [1.54, 1.807) is 21.9 Å². The summed E-state index contributed by atoms with van der Waals surface area (Å²) in [5.41, 5.74) is 0. The van der Waals surface area contributed by atoms with E-state index in [4.69, 9.17) is 9.68 Å². The molecular formula is C12H12BrN3O3. The minimum absolute atomic E-state index is 0.112. The lowest BCUT2D eigenvalue weighted by Crippen LogP contribution is -2.50. The second kappa shape index (κ2) is 5.89. The minimum Gasteiger partial charge on any atom is -0.444 e. The highest BCUT2D eigenvalue weighted by molar-refractivity contribution is 9.10. The largest absolute Gasteiger partial charge is 0.444 e. The van der Waals surface area contributed by atoms with Crippen LogP contribution >= 0.6 is 15.9 Å². The Morgan fingerprint density at radius 1 is 1.26 bits per heavy atom. The molecule has 0 unspecified atom stereocenters. The third-order valence-corrected chi connectivity index (χ3v) is 3.36. The lowest BCUT2D eigenvalue weighted by Gasteiger charge is -2.33. The van der Waals surface area contributed by atoms with Crippen molar-refractivity contribution in [3.05, 3.63) is 22.6 Å². The molecule has 1 aliphatic rings. The van der Waals surface area contributed by atoms with Crippen molar-refractivity contribution in [2.75, 3.05) is 26.2 Å². The molecule has 2 heterocycles. The molecule has 1 fully saturated rings. The quantitative estimate of drug-likeness (QED) is 0.819. The molecule has 7 heteroatoms. The zero-order valence-electron chi connectivity index (χ0n) is 10.1. The van der Waals surface area contributed by atoms with Crippen LogP contribution in [0.1, 0.15) is 17.0 Å². The summed E-state index contributed by atoms with van der Waals surface area (Å²) >= 11 is 3.15. The predicted molar refractivity (Wildman–Crippen MR) is 69.1 cm³/mol. The van der Waals surface area contributed by atoms with Gasteiger partial charge in [-0.15, -0.1) is 0 Å². The van der Waals surface area contributed by atoms with Crippen molar-refractivity contribution in [1.82, 2.24) is 9.80 Å². The summed E-state index contributed by atoms with van der Waals surface area (Å²) in [5, 5.41) is 8.48. The molecule has 0 radical (unpaired) electrons. The maximum atomic E-state index is 12.1. The van der Waals surface area contributed by atoms with Gasteiger partial charge in [0.15, 0.2) is 10.4 Å². The van der Waals surface area contributed by atoms with Crippen molar-refractivity contribution in [3.8, 4) is 6.07 Å². The van der Waals surface area contributed by atoms with E-state index in [1.807, 2.05) is 6.07 Å². The molecule has 0 aromatic carbocycles. The molecule has 1 aromatic rings. The first kappa shape index (κ1) is 13.6. The molecule has 2 amide bonds. The van der Waals surface area contributed by atoms with E-state index in [-0.39, 0.29) is 24.0 Å². The highest BCUT2D eigenvalue weighted by atomic mass is 79.9. The Morgan fingerprint density at radius 2 is 1.89 bits per heavy atom. The van der Waals surface area contributed by atoms with Gasteiger partial charge in [0, 0.05) is 26.2 Å². The number of halogens is 1. The van der Waals surface area contributed by atoms with Gasteiger partial charge in [0.25, 0.3) is 5.91 Å². The molecule has 1 saturated heterocycles. The van der Waals surface area contributed by atoms with Crippen molar-refractivity contribution in [1.29, 1.82) is 5.26 Å². The number of carbonyl (C=O) groups excluding carboxylic acids is 2. The van der Waals surface area contributed by atoms with E-state index in [2.05, 4.69) is 15.9 Å². The molecule has 0 spiro atoms. The fourth-order valence-corrected chi connectivity index (χ4v) is 2.23. The van der Waals surface area contributed by atoms with Gasteiger partial charge in [0.1, 0.15) is 6.42 Å². The highest BCUT2D eigenvalue weighted by Gasteiger charge is 2.26. The van der Waals surface area contributed by atoms with Crippen molar-refractivity contribution in [2.24, 2.45) is 0 Å². The number of hydrogen-bond acceptors (Lipinski definition) is 4. The van der Waals surface area contributed by atoms with Gasteiger partial charge in [-0.25, -0.2) is 0 Å². The lowest BCUT2D eigenvalue weighted by molar-refractivity contribution is -0.131. The zero-order chi connectivity index (χ0) is 13.8. The number of piperazine rings is 1. The van der Waals surface area contributed by atoms with Crippen LogP contribution in [0.15, 0.2) is 21.2 Å². The van der Waals surface area contributed by atoms with E-state index in [0.29, 0.717) is 30.8 Å². The zero-order valence-corrected chi connectivity index (χ0v) is 11.7. The molecule has 0 saturated carbocycles. The van der Waals surface area contributed by atoms with E-state index >= 15 is 0 Å². The van der Waals surface area contributed by atoms with Crippen molar-refractivity contribution < 1.29 is 14.0 Å². The summed E-state index contributed by atoms with van der Waals surface area (Å²) in [6.07, 6.45) is -0.112. The molecule has 19 heavy (non-hydrogen) atoms. The molecule has 100 valence electrons. The third-order valence-electron chi connectivity index (χ3n) is 2.93. The molecule has 2 rings (SSSR count). The molecule has 0 atom stereocenters. The molecule has 0 bridgehead atoms. The maximum Gasteiger partial charge on any atom is 0.289 e. The van der Waals surface area contributed by atoms with E-state index < -0.39 is 0 Å². The lowest BCUT2D eigenvalue weighted by atomic mass is 10.2. The molecule has 1 aromatic heterocycles. The summed E-state index contributed by atoms with van der Waals surface area (Å²) in [4.78, 5) is 26.8. The van der Waals surface area contributed by atoms with E-state index in [0.717, 1.165) is 0 Å². The molecule has 0 aliphatic carbocycles. The Hall–Kier alpha value is -1.81. The van der Waals surface area contributed by atoms with Crippen LogP contribution in [0.5, 0.6) is 0 Å². The fraction of sp³-hybridized carbons (Fsp3) is 0.417. The van der Waals surface area contributed by atoms with Crippen LogP contribution in [0.25, 0.3) is 0 Å². The van der Waals surface area contributed by atoms with Gasteiger partial charge in [0.05, 0.1) is 6.07 Å². The topological polar surface area (TPSA) is 77.5 Å². The summed E-state index contributed by atoms with van der Waals surface area (Å²) < 4.78 is 5.73. The predicted octanol–water partition coefficient (Wildman–Crippen LogP) is 1.24. The Kier molecular flexibility index (Phi) is 4.22. The average Bonchev–Trinajstić information content (AvgIpc) is 2.85. The van der Waals surface area contributed by atoms with Crippen LogP contribution < -0.4 is 0 Å². The first-order chi connectivity index (χ1) is 9.11. The van der Waals surface area contributed by atoms with Crippen LogP contribution in [-0.2, 0) is 4.79 Å². The normalized spacial score (nSPS) is 15.2. The molecular weight excluding hydrogens is 314 g/mol. The van der Waals surface area contributed by atoms with Gasteiger partial charge in [-0.2, -0.15) is 5.26 Å². The number of rotatable bonds is 2. The highest BCUT2D eigenvalue weighted by Crippen LogP contribution is 2.16. The number of nitriles is 1. The van der Waals surface area contributed by atoms with Gasteiger partial charge in [-0.05, 0) is 28.1 Å². The second-order valence-electron chi connectivity index (χ2n) is 4.11. The van der Waals surface area contributed by atoms with Crippen LogP contribution in [-0.4, -0.2) is 47.8 Å². The third kappa shape index (κ3) is 3.15. The monoisotopic (exact) mass is 325 g/mol. The van der Waals surface area contributed by atoms with Gasteiger partial charge < -0.3 is 14.2 Å². The van der Waals surface area contributed by atoms with E-state index in [9.17, 15) is 9.59 Å². The van der Waals surface area contributed by atoms with Crippen molar-refractivity contribution in [2.45, 2.75) is 6.42 Å². The molecule has 0 N–H and O–H groups in total. The maximum absolute atomic E-state index is 12.1. The standard InChI is InChI=1S/C12H12BrN3O3/c13-10-2-1-9(19-10)12(18)16-7-5-15(6-8-16)11(17)3-4-14/h1-2H,3,5-8H2. The Morgan fingerprint density at radius 3 is 2.42 bits per heavy atom. The number of furan rings is 1. The van der Waals surface area contributed by atoms with Gasteiger partial charge >= 0.3 is 0 Å². The summed E-state index contributed by atoms with van der Waals surface area (Å²) in [7, 11) is 0. The average molecular weight is 326 g/mol. The molecule has 1 aliphatic heterocycles. The molecule has 6 nitrogen and oxygen atoms in total. The van der Waals surface area contributed by atoms with Gasteiger partial charge in [-0.3, -0.25) is 9.59 Å². The van der Waals surface area contributed by atoms with Crippen LogP contribution in [0.4, 0.5) is 0 Å². The fourth-order valence-electron chi connectivity index (χ4n) is 1.92. The minimum atomic E-state index is -0.185. The van der Waals surface area contributed by atoms with Gasteiger partial charge in [0.2, 0.25) is 5.91 Å². The van der Waals surface area contributed by atoms with Crippen molar-refractivity contribution >= 4 is 27.7 Å². The second-order valence-corrected chi connectivity index (χ2v) is 4.89. The van der Waals surface area contributed by atoms with Crippen LogP contribution in [0.2, 0.25) is 0 Å². The number of amides is 2. The van der Waals surface area contributed by atoms with Gasteiger partial charge in [-0.1, -0.05) is 0 Å². The Bertz CT molecular complexity index is 527. The van der Waals surface area contributed by atoms with Crippen molar-refractivity contribution in [3.63, 3.8) is 0 Å². The Balaban J connectivity index is 1.91. The smallest absolute Gasteiger partial charge is 0.289 e. The SMILES string of the molecule is N#CCC(=O)N1CCN(C(=O)c2ccc(Br)o2)CC1. The summed E-state index contributed by atoms with van der Waals surface area (Å²) in [6.45, 7) is 1.81. The number of hydrogen-bond donors (Lipinski definition) is 0. The Labute approximate surface area is 118 Å². The summed E-state index contributed by atoms with van der Waals surface area (Å²) in [6, 6.07) is 5.11. The first-order valence-electron chi connectivity index (χ1n) is 5.81.